The summed E-state index contributed by atoms with van der Waals surface area (Å²) in [6.45, 7) is 2.38. The van der Waals surface area contributed by atoms with Gasteiger partial charge in [0.15, 0.2) is 4.47 Å². The van der Waals surface area contributed by atoms with E-state index in [1.54, 1.807) is 18.3 Å². The maximum absolute atomic E-state index is 11.1. The highest BCUT2D eigenvalue weighted by molar-refractivity contribution is 7.15. The number of aromatic carboxylic acids is 1. The fraction of sp³-hybridized carbons (Fsp3) is 0.167. The minimum Gasteiger partial charge on any atom is -0.478 e. The van der Waals surface area contributed by atoms with Gasteiger partial charge >= 0.3 is 5.97 Å². The number of para-hydroxylation sites is 1. The van der Waals surface area contributed by atoms with Gasteiger partial charge in [0.25, 0.3) is 0 Å². The Labute approximate surface area is 113 Å². The molecule has 94 valence electrons. The van der Waals surface area contributed by atoms with Crippen molar-refractivity contribution in [1.29, 1.82) is 0 Å². The number of hydrogen-bond donors (Lipinski definition) is 2. The van der Waals surface area contributed by atoms with E-state index in [-0.39, 0.29) is 5.56 Å². The Morgan fingerprint density at radius 1 is 1.56 bits per heavy atom. The molecule has 4 nitrogen and oxygen atoms in total. The molecule has 2 aromatic rings. The third kappa shape index (κ3) is 2.80. The molecule has 0 spiro atoms. The number of benzene rings is 1. The van der Waals surface area contributed by atoms with Gasteiger partial charge in [-0.05, 0) is 18.6 Å². The fourth-order valence-corrected chi connectivity index (χ4v) is 2.54. The molecule has 2 N–H and O–H groups in total. The third-order valence-electron chi connectivity index (χ3n) is 2.47. The Kier molecular flexibility index (Phi) is 3.84. The smallest absolute Gasteiger partial charge is 0.337 e. The molecule has 18 heavy (non-hydrogen) atoms. The highest BCUT2D eigenvalue weighted by atomic mass is 35.5. The van der Waals surface area contributed by atoms with Crippen molar-refractivity contribution in [3.05, 3.63) is 44.9 Å². The van der Waals surface area contributed by atoms with Crippen LogP contribution >= 0.6 is 22.9 Å². The fourth-order valence-electron chi connectivity index (χ4n) is 1.62. The van der Waals surface area contributed by atoms with E-state index in [1.807, 2.05) is 13.0 Å². The summed E-state index contributed by atoms with van der Waals surface area (Å²) in [6.07, 6.45) is 1.68. The lowest BCUT2D eigenvalue weighted by Crippen LogP contribution is -2.07. The molecule has 6 heteroatoms. The molecule has 0 aliphatic carbocycles. The number of nitrogens with one attached hydrogen (secondary N) is 1. The van der Waals surface area contributed by atoms with E-state index in [9.17, 15) is 4.79 Å². The molecule has 0 aliphatic rings. The second kappa shape index (κ2) is 5.37. The second-order valence-electron chi connectivity index (χ2n) is 3.74. The first-order valence-corrected chi connectivity index (χ1v) is 6.44. The highest BCUT2D eigenvalue weighted by Crippen LogP contribution is 2.23. The average Bonchev–Trinajstić information content (AvgIpc) is 2.73. The Hall–Kier alpha value is -1.59. The number of nitrogens with zero attached hydrogens (tertiary/aromatic N) is 1. The highest BCUT2D eigenvalue weighted by Gasteiger charge is 2.11. The van der Waals surface area contributed by atoms with E-state index in [2.05, 4.69) is 10.3 Å². The lowest BCUT2D eigenvalue weighted by molar-refractivity contribution is 0.0698. The van der Waals surface area contributed by atoms with Crippen molar-refractivity contribution in [1.82, 2.24) is 4.98 Å². The van der Waals surface area contributed by atoms with Crippen molar-refractivity contribution < 1.29 is 9.90 Å². The average molecular weight is 283 g/mol. The molecular formula is C12H11ClN2O2S. The molecule has 1 aromatic heterocycles. The molecule has 1 heterocycles. The van der Waals surface area contributed by atoms with Gasteiger partial charge in [0.1, 0.15) is 0 Å². The molecule has 0 radical (unpaired) electrons. The maximum Gasteiger partial charge on any atom is 0.337 e. The van der Waals surface area contributed by atoms with Crippen LogP contribution in [0.5, 0.6) is 0 Å². The predicted octanol–water partition coefficient (Wildman–Crippen LogP) is 3.42. The van der Waals surface area contributed by atoms with Crippen LogP contribution in [-0.4, -0.2) is 16.1 Å². The number of carbonyl (C=O) groups is 1. The van der Waals surface area contributed by atoms with Crippen LogP contribution in [0.15, 0.2) is 24.4 Å². The number of thiazole rings is 1. The Balaban J connectivity index is 2.20. The number of aryl methyl sites for hydroxylation is 1. The first-order valence-electron chi connectivity index (χ1n) is 5.25. The van der Waals surface area contributed by atoms with Crippen LogP contribution in [0.25, 0.3) is 0 Å². The summed E-state index contributed by atoms with van der Waals surface area (Å²) in [6, 6.07) is 5.18. The zero-order valence-corrected chi connectivity index (χ0v) is 11.2. The van der Waals surface area contributed by atoms with Gasteiger partial charge < -0.3 is 10.4 Å². The zero-order valence-electron chi connectivity index (χ0n) is 9.61. The molecule has 0 saturated heterocycles. The van der Waals surface area contributed by atoms with E-state index in [0.717, 1.165) is 10.4 Å². The second-order valence-corrected chi connectivity index (χ2v) is 5.43. The first-order chi connectivity index (χ1) is 8.58. The summed E-state index contributed by atoms with van der Waals surface area (Å²) in [5.74, 6) is -0.941. The van der Waals surface area contributed by atoms with Gasteiger partial charge in [0.05, 0.1) is 17.8 Å². The Morgan fingerprint density at radius 3 is 2.94 bits per heavy atom. The minimum atomic E-state index is -0.941. The normalized spacial score (nSPS) is 10.3. The van der Waals surface area contributed by atoms with Crippen LogP contribution in [0.3, 0.4) is 0 Å². The lowest BCUT2D eigenvalue weighted by Gasteiger charge is -2.11. The summed E-state index contributed by atoms with van der Waals surface area (Å²) in [5.41, 5.74) is 1.80. The Morgan fingerprint density at radius 2 is 2.33 bits per heavy atom. The maximum atomic E-state index is 11.1. The van der Waals surface area contributed by atoms with Gasteiger partial charge in [0, 0.05) is 11.1 Å². The van der Waals surface area contributed by atoms with Crippen LogP contribution in [0.4, 0.5) is 5.69 Å². The molecule has 0 bridgehead atoms. The van der Waals surface area contributed by atoms with Crippen LogP contribution in [0.2, 0.25) is 4.47 Å². The summed E-state index contributed by atoms with van der Waals surface area (Å²) in [5, 5.41) is 12.2. The monoisotopic (exact) mass is 282 g/mol. The van der Waals surface area contributed by atoms with Gasteiger partial charge in [0.2, 0.25) is 0 Å². The van der Waals surface area contributed by atoms with Crippen LogP contribution in [0.1, 0.15) is 20.8 Å². The molecular weight excluding hydrogens is 272 g/mol. The van der Waals surface area contributed by atoms with Gasteiger partial charge in [-0.1, -0.05) is 23.7 Å². The topological polar surface area (TPSA) is 62.2 Å². The number of rotatable bonds is 4. The Bertz CT molecular complexity index is 583. The van der Waals surface area contributed by atoms with Crippen molar-refractivity contribution in [2.24, 2.45) is 0 Å². The number of halogens is 1. The van der Waals surface area contributed by atoms with Crippen molar-refractivity contribution in [2.45, 2.75) is 13.5 Å². The molecule has 0 saturated carbocycles. The summed E-state index contributed by atoms with van der Waals surface area (Å²) in [4.78, 5) is 16.0. The van der Waals surface area contributed by atoms with E-state index in [4.69, 9.17) is 16.7 Å². The standard InChI is InChI=1S/C12H11ClN2O2S/c1-7-3-2-4-9(11(16)17)10(7)14-5-8-6-15-12(13)18-8/h2-4,6,14H,5H2,1H3,(H,16,17). The number of aromatic nitrogens is 1. The number of carboxylic acids is 1. The molecule has 2 rings (SSSR count). The lowest BCUT2D eigenvalue weighted by atomic mass is 10.1. The van der Waals surface area contributed by atoms with Crippen molar-refractivity contribution >= 4 is 34.6 Å². The minimum absolute atomic E-state index is 0.269. The van der Waals surface area contributed by atoms with Crippen LogP contribution in [-0.2, 0) is 6.54 Å². The molecule has 0 unspecified atom stereocenters. The number of carboxylic acid groups (broad SMARTS) is 1. The van der Waals surface area contributed by atoms with Gasteiger partial charge in [-0.15, -0.1) is 11.3 Å². The van der Waals surface area contributed by atoms with Gasteiger partial charge in [-0.3, -0.25) is 0 Å². The largest absolute Gasteiger partial charge is 0.478 e. The van der Waals surface area contributed by atoms with E-state index < -0.39 is 5.97 Å². The van der Waals surface area contributed by atoms with E-state index in [0.29, 0.717) is 16.7 Å². The van der Waals surface area contributed by atoms with Crippen LogP contribution < -0.4 is 5.32 Å². The molecule has 0 atom stereocenters. The molecule has 0 aliphatic heterocycles. The van der Waals surface area contributed by atoms with Crippen molar-refractivity contribution in [3.8, 4) is 0 Å². The summed E-state index contributed by atoms with van der Waals surface area (Å²) < 4.78 is 0.482. The summed E-state index contributed by atoms with van der Waals surface area (Å²) in [7, 11) is 0. The zero-order chi connectivity index (χ0) is 13.1. The SMILES string of the molecule is Cc1cccc(C(=O)O)c1NCc1cnc(Cl)s1. The molecule has 0 amide bonds. The van der Waals surface area contributed by atoms with Gasteiger partial charge in [-0.2, -0.15) is 0 Å². The number of anilines is 1. The van der Waals surface area contributed by atoms with E-state index in [1.165, 1.54) is 11.3 Å². The predicted molar refractivity (Wildman–Crippen MR) is 72.6 cm³/mol. The summed E-state index contributed by atoms with van der Waals surface area (Å²) >= 11 is 7.11. The van der Waals surface area contributed by atoms with Crippen molar-refractivity contribution in [2.75, 3.05) is 5.32 Å². The van der Waals surface area contributed by atoms with Gasteiger partial charge in [-0.25, -0.2) is 9.78 Å². The van der Waals surface area contributed by atoms with Crippen LogP contribution in [0, 0.1) is 6.92 Å². The van der Waals surface area contributed by atoms with E-state index >= 15 is 0 Å². The first kappa shape index (κ1) is 12.9. The molecule has 0 fully saturated rings. The number of hydrogen-bond acceptors (Lipinski definition) is 4. The van der Waals surface area contributed by atoms with Crippen molar-refractivity contribution in [3.63, 3.8) is 0 Å². The third-order valence-corrected chi connectivity index (χ3v) is 3.58. The molecule has 1 aromatic carbocycles. The quantitative estimate of drug-likeness (QED) is 0.902.